The maximum Gasteiger partial charge on any atom is 0.264 e. The summed E-state index contributed by atoms with van der Waals surface area (Å²) < 4.78 is 5.63. The first-order valence-electron chi connectivity index (χ1n) is 4.94. The van der Waals surface area contributed by atoms with Gasteiger partial charge in [-0.25, -0.2) is 4.98 Å². The minimum atomic E-state index is -0.117. The number of methoxy groups -OCH3 is 1. The first kappa shape index (κ1) is 12.7. The Kier molecular flexibility index (Phi) is 3.95. The van der Waals surface area contributed by atoms with E-state index in [4.69, 9.17) is 4.74 Å². The highest BCUT2D eigenvalue weighted by Crippen LogP contribution is 2.23. The van der Waals surface area contributed by atoms with Gasteiger partial charge in [0.05, 0.1) is 12.3 Å². The number of aromatic amines is 1. The zero-order valence-electron chi connectivity index (χ0n) is 9.41. The van der Waals surface area contributed by atoms with Crippen molar-refractivity contribution in [3.63, 3.8) is 0 Å². The highest BCUT2D eigenvalue weighted by molar-refractivity contribution is 14.1. The van der Waals surface area contributed by atoms with Gasteiger partial charge in [0, 0.05) is 18.1 Å². The van der Waals surface area contributed by atoms with E-state index in [1.165, 1.54) is 0 Å². The van der Waals surface area contributed by atoms with Crippen LogP contribution in [-0.2, 0) is 11.3 Å². The van der Waals surface area contributed by atoms with E-state index in [-0.39, 0.29) is 5.56 Å². The molecule has 0 atom stereocenters. The standard InChI is InChI=1S/C11H11IN2O2S/c1-6-4-17-5-7(6)10-13-8(3-16-2)9(12)11(15)14-10/h4-5H,3H2,1-2H3,(H,13,14,15). The maximum absolute atomic E-state index is 11.8. The molecule has 0 spiro atoms. The van der Waals surface area contributed by atoms with E-state index in [9.17, 15) is 4.79 Å². The Morgan fingerprint density at radius 3 is 2.88 bits per heavy atom. The van der Waals surface area contributed by atoms with Gasteiger partial charge in [-0.2, -0.15) is 11.3 Å². The molecule has 0 aliphatic rings. The van der Waals surface area contributed by atoms with Crippen LogP contribution in [0, 0.1) is 10.5 Å². The van der Waals surface area contributed by atoms with Gasteiger partial charge in [0.25, 0.3) is 5.56 Å². The number of hydrogen-bond acceptors (Lipinski definition) is 4. The number of ether oxygens (including phenoxy) is 1. The van der Waals surface area contributed by atoms with Gasteiger partial charge in [-0.05, 0) is 40.5 Å². The summed E-state index contributed by atoms with van der Waals surface area (Å²) in [5, 5.41) is 4.01. The van der Waals surface area contributed by atoms with Crippen molar-refractivity contribution in [1.29, 1.82) is 0 Å². The van der Waals surface area contributed by atoms with Crippen LogP contribution in [0.1, 0.15) is 11.3 Å². The van der Waals surface area contributed by atoms with Crippen LogP contribution in [-0.4, -0.2) is 17.1 Å². The minimum absolute atomic E-state index is 0.117. The number of hydrogen-bond donors (Lipinski definition) is 1. The highest BCUT2D eigenvalue weighted by Gasteiger charge is 2.11. The Balaban J connectivity index is 2.57. The van der Waals surface area contributed by atoms with Gasteiger partial charge < -0.3 is 9.72 Å². The summed E-state index contributed by atoms with van der Waals surface area (Å²) in [5.41, 5.74) is 2.65. The molecule has 0 aliphatic carbocycles. The van der Waals surface area contributed by atoms with Gasteiger partial charge in [-0.15, -0.1) is 0 Å². The Morgan fingerprint density at radius 2 is 2.29 bits per heavy atom. The third-order valence-corrected chi connectivity index (χ3v) is 4.30. The number of halogens is 1. The number of aromatic nitrogens is 2. The predicted molar refractivity (Wildman–Crippen MR) is 76.3 cm³/mol. The fourth-order valence-corrected chi connectivity index (χ4v) is 2.71. The van der Waals surface area contributed by atoms with Gasteiger partial charge in [-0.1, -0.05) is 0 Å². The lowest BCUT2D eigenvalue weighted by Crippen LogP contribution is -2.16. The van der Waals surface area contributed by atoms with Crippen LogP contribution in [0.25, 0.3) is 11.4 Å². The second-order valence-corrected chi connectivity index (χ2v) is 5.40. The van der Waals surface area contributed by atoms with Crippen molar-refractivity contribution in [3.05, 3.63) is 35.9 Å². The normalized spacial score (nSPS) is 10.8. The zero-order valence-corrected chi connectivity index (χ0v) is 12.4. The summed E-state index contributed by atoms with van der Waals surface area (Å²) in [6.45, 7) is 2.35. The quantitative estimate of drug-likeness (QED) is 0.854. The Labute approximate surface area is 116 Å². The number of nitrogens with one attached hydrogen (secondary N) is 1. The van der Waals surface area contributed by atoms with Crippen LogP contribution in [0.2, 0.25) is 0 Å². The largest absolute Gasteiger partial charge is 0.378 e. The van der Waals surface area contributed by atoms with Crippen molar-refractivity contribution in [2.75, 3.05) is 7.11 Å². The molecular formula is C11H11IN2O2S. The smallest absolute Gasteiger partial charge is 0.264 e. The van der Waals surface area contributed by atoms with Crippen molar-refractivity contribution in [3.8, 4) is 11.4 Å². The predicted octanol–water partition coefficient (Wildman–Crippen LogP) is 2.56. The molecule has 6 heteroatoms. The molecule has 2 aromatic rings. The number of aryl methyl sites for hydroxylation is 1. The van der Waals surface area contributed by atoms with E-state index in [1.807, 2.05) is 40.3 Å². The molecule has 17 heavy (non-hydrogen) atoms. The molecular weight excluding hydrogens is 351 g/mol. The average molecular weight is 362 g/mol. The summed E-state index contributed by atoms with van der Waals surface area (Å²) in [4.78, 5) is 19.0. The monoisotopic (exact) mass is 362 g/mol. The summed E-state index contributed by atoms with van der Waals surface area (Å²) in [5.74, 6) is 0.612. The number of H-pyrrole nitrogens is 1. The fourth-order valence-electron chi connectivity index (χ4n) is 1.47. The molecule has 2 aromatic heterocycles. The van der Waals surface area contributed by atoms with Crippen LogP contribution in [0.15, 0.2) is 15.6 Å². The zero-order chi connectivity index (χ0) is 12.4. The van der Waals surface area contributed by atoms with E-state index in [0.29, 0.717) is 21.7 Å². The van der Waals surface area contributed by atoms with Gasteiger partial charge in [0.15, 0.2) is 0 Å². The maximum atomic E-state index is 11.8. The van der Waals surface area contributed by atoms with Gasteiger partial charge in [-0.3, -0.25) is 4.79 Å². The molecule has 0 aromatic carbocycles. The molecule has 0 saturated carbocycles. The fraction of sp³-hybridized carbons (Fsp3) is 0.273. The Hall–Kier alpha value is -0.730. The van der Waals surface area contributed by atoms with Crippen LogP contribution in [0.4, 0.5) is 0 Å². The van der Waals surface area contributed by atoms with Crippen LogP contribution >= 0.6 is 33.9 Å². The van der Waals surface area contributed by atoms with Gasteiger partial charge >= 0.3 is 0 Å². The van der Waals surface area contributed by atoms with Gasteiger partial charge in [0.2, 0.25) is 0 Å². The molecule has 0 saturated heterocycles. The van der Waals surface area contributed by atoms with Crippen LogP contribution in [0.3, 0.4) is 0 Å². The molecule has 0 radical (unpaired) electrons. The van der Waals surface area contributed by atoms with Crippen molar-refractivity contribution in [1.82, 2.24) is 9.97 Å². The van der Waals surface area contributed by atoms with E-state index < -0.39 is 0 Å². The summed E-state index contributed by atoms with van der Waals surface area (Å²) >= 11 is 3.58. The highest BCUT2D eigenvalue weighted by atomic mass is 127. The minimum Gasteiger partial charge on any atom is -0.378 e. The average Bonchev–Trinajstić information content (AvgIpc) is 2.71. The van der Waals surface area contributed by atoms with Gasteiger partial charge in [0.1, 0.15) is 9.39 Å². The molecule has 0 fully saturated rings. The molecule has 2 heterocycles. The SMILES string of the molecule is COCc1nc(-c2cscc2C)[nH]c(=O)c1I. The molecule has 90 valence electrons. The van der Waals surface area contributed by atoms with Crippen molar-refractivity contribution in [2.45, 2.75) is 13.5 Å². The lowest BCUT2D eigenvalue weighted by molar-refractivity contribution is 0.180. The van der Waals surface area contributed by atoms with E-state index >= 15 is 0 Å². The lowest BCUT2D eigenvalue weighted by Gasteiger charge is -2.05. The third-order valence-electron chi connectivity index (χ3n) is 2.32. The second kappa shape index (κ2) is 5.28. The molecule has 0 amide bonds. The number of rotatable bonds is 3. The first-order valence-corrected chi connectivity index (χ1v) is 6.96. The molecule has 2 rings (SSSR count). The van der Waals surface area contributed by atoms with Crippen molar-refractivity contribution in [2.24, 2.45) is 0 Å². The molecule has 0 unspecified atom stereocenters. The third kappa shape index (κ3) is 2.58. The Morgan fingerprint density at radius 1 is 1.53 bits per heavy atom. The van der Waals surface area contributed by atoms with Crippen molar-refractivity contribution < 1.29 is 4.74 Å². The number of nitrogens with zero attached hydrogens (tertiary/aromatic N) is 1. The molecule has 4 nitrogen and oxygen atoms in total. The van der Waals surface area contributed by atoms with E-state index in [1.54, 1.807) is 18.4 Å². The molecule has 0 aliphatic heterocycles. The summed E-state index contributed by atoms with van der Waals surface area (Å²) in [6.07, 6.45) is 0. The summed E-state index contributed by atoms with van der Waals surface area (Å²) in [6, 6.07) is 0. The topological polar surface area (TPSA) is 55.0 Å². The second-order valence-electron chi connectivity index (χ2n) is 3.58. The van der Waals surface area contributed by atoms with E-state index in [0.717, 1.165) is 11.1 Å². The van der Waals surface area contributed by atoms with Crippen LogP contribution < -0.4 is 5.56 Å². The van der Waals surface area contributed by atoms with Crippen LogP contribution in [0.5, 0.6) is 0 Å². The van der Waals surface area contributed by atoms with E-state index in [2.05, 4.69) is 9.97 Å². The summed E-state index contributed by atoms with van der Waals surface area (Å²) in [7, 11) is 1.59. The molecule has 0 bridgehead atoms. The van der Waals surface area contributed by atoms with Crippen molar-refractivity contribution >= 4 is 33.9 Å². The lowest BCUT2D eigenvalue weighted by atomic mass is 10.2. The Bertz CT molecular complexity index is 591. The number of thiophene rings is 1. The molecule has 1 N–H and O–H groups in total. The first-order chi connectivity index (χ1) is 8.13.